The second-order valence-corrected chi connectivity index (χ2v) is 8.11. The van der Waals surface area contributed by atoms with Gasteiger partial charge in [-0.15, -0.1) is 0 Å². The molecule has 8 heteroatoms. The van der Waals surface area contributed by atoms with Crippen molar-refractivity contribution in [3.05, 3.63) is 45.3 Å². The van der Waals surface area contributed by atoms with Crippen molar-refractivity contribution in [2.75, 3.05) is 6.54 Å². The second-order valence-electron chi connectivity index (χ2n) is 8.11. The molecule has 2 aromatic rings. The third-order valence-corrected chi connectivity index (χ3v) is 6.08. The van der Waals surface area contributed by atoms with E-state index in [4.69, 9.17) is 9.15 Å². The molecule has 0 radical (unpaired) electrons. The minimum atomic E-state index is -0.784. The van der Waals surface area contributed by atoms with Crippen LogP contribution in [-0.2, 0) is 20.9 Å². The summed E-state index contributed by atoms with van der Waals surface area (Å²) in [5.41, 5.74) is 1.72. The monoisotopic (exact) mass is 412 g/mol. The van der Waals surface area contributed by atoms with Crippen molar-refractivity contribution in [2.24, 2.45) is 0 Å². The van der Waals surface area contributed by atoms with E-state index in [0.717, 1.165) is 28.9 Å². The minimum Gasteiger partial charge on any atom is -0.461 e. The highest BCUT2D eigenvalue weighted by Crippen LogP contribution is 2.35. The van der Waals surface area contributed by atoms with Crippen LogP contribution in [-0.4, -0.2) is 34.9 Å². The van der Waals surface area contributed by atoms with E-state index in [9.17, 15) is 19.2 Å². The van der Waals surface area contributed by atoms with Crippen LogP contribution in [0.3, 0.4) is 0 Å². The minimum absolute atomic E-state index is 0.0266. The summed E-state index contributed by atoms with van der Waals surface area (Å²) in [6.45, 7) is 3.76. The molecule has 1 aromatic heterocycles. The van der Waals surface area contributed by atoms with Gasteiger partial charge in [0.2, 0.25) is 0 Å². The summed E-state index contributed by atoms with van der Waals surface area (Å²) >= 11 is 0. The van der Waals surface area contributed by atoms with Crippen molar-refractivity contribution >= 4 is 28.9 Å². The Labute approximate surface area is 173 Å². The molecule has 1 aromatic carbocycles. The van der Waals surface area contributed by atoms with Crippen LogP contribution in [0.25, 0.3) is 11.0 Å². The van der Waals surface area contributed by atoms with Crippen molar-refractivity contribution in [1.82, 2.24) is 10.2 Å². The molecular formula is C22H24N2O6. The number of carbonyl (C=O) groups is 3. The third-order valence-electron chi connectivity index (χ3n) is 6.08. The van der Waals surface area contributed by atoms with Gasteiger partial charge in [-0.05, 0) is 49.9 Å². The molecule has 0 atom stereocenters. The average molecular weight is 412 g/mol. The first-order valence-electron chi connectivity index (χ1n) is 10.1. The molecule has 1 spiro atoms. The van der Waals surface area contributed by atoms with Crippen molar-refractivity contribution in [1.29, 1.82) is 0 Å². The molecule has 2 heterocycles. The summed E-state index contributed by atoms with van der Waals surface area (Å²) in [5, 5.41) is 3.50. The number of fused-ring (bicyclic) bond motifs is 1. The van der Waals surface area contributed by atoms with E-state index >= 15 is 0 Å². The Morgan fingerprint density at radius 3 is 2.57 bits per heavy atom. The summed E-state index contributed by atoms with van der Waals surface area (Å²) in [6.07, 6.45) is 2.98. The maximum Gasteiger partial charge on any atom is 0.336 e. The summed E-state index contributed by atoms with van der Waals surface area (Å²) < 4.78 is 10.6. The van der Waals surface area contributed by atoms with Crippen LogP contribution in [0.2, 0.25) is 0 Å². The Balaban J connectivity index is 1.40. The maximum atomic E-state index is 12.6. The molecule has 0 unspecified atom stereocenters. The molecule has 0 bridgehead atoms. The molecule has 30 heavy (non-hydrogen) atoms. The number of hydrogen-bond acceptors (Lipinski definition) is 6. The number of imide groups is 1. The Morgan fingerprint density at radius 1 is 1.13 bits per heavy atom. The molecule has 1 aliphatic heterocycles. The van der Waals surface area contributed by atoms with Gasteiger partial charge >= 0.3 is 17.6 Å². The lowest BCUT2D eigenvalue weighted by Gasteiger charge is -2.19. The first-order chi connectivity index (χ1) is 14.3. The van der Waals surface area contributed by atoms with Gasteiger partial charge in [-0.1, -0.05) is 12.8 Å². The molecule has 1 saturated carbocycles. The first kappa shape index (κ1) is 20.1. The van der Waals surface area contributed by atoms with E-state index in [0.29, 0.717) is 29.4 Å². The molecule has 2 fully saturated rings. The number of amides is 3. The first-order valence-corrected chi connectivity index (χ1v) is 10.1. The number of aryl methyl sites for hydroxylation is 2. The lowest BCUT2D eigenvalue weighted by molar-refractivity contribution is -0.145. The molecule has 1 saturated heterocycles. The van der Waals surface area contributed by atoms with Gasteiger partial charge < -0.3 is 14.5 Å². The van der Waals surface area contributed by atoms with Crippen molar-refractivity contribution in [2.45, 2.75) is 58.1 Å². The van der Waals surface area contributed by atoms with E-state index in [1.807, 2.05) is 19.9 Å². The molecule has 2 aliphatic rings. The molecule has 1 N–H and O–H groups in total. The molecule has 1 aliphatic carbocycles. The zero-order valence-corrected chi connectivity index (χ0v) is 17.1. The van der Waals surface area contributed by atoms with E-state index in [1.54, 1.807) is 6.07 Å². The van der Waals surface area contributed by atoms with Gasteiger partial charge in [0.15, 0.2) is 0 Å². The Kier molecular flexibility index (Phi) is 5.09. The number of esters is 1. The van der Waals surface area contributed by atoms with E-state index in [-0.39, 0.29) is 25.5 Å². The smallest absolute Gasteiger partial charge is 0.336 e. The van der Waals surface area contributed by atoms with Crippen molar-refractivity contribution in [3.8, 4) is 0 Å². The third kappa shape index (κ3) is 3.58. The quantitative estimate of drug-likeness (QED) is 0.460. The van der Waals surface area contributed by atoms with Gasteiger partial charge in [-0.3, -0.25) is 14.5 Å². The maximum absolute atomic E-state index is 12.6. The van der Waals surface area contributed by atoms with Gasteiger partial charge in [0, 0.05) is 23.6 Å². The fourth-order valence-corrected chi connectivity index (χ4v) is 4.23. The Morgan fingerprint density at radius 2 is 1.83 bits per heavy atom. The van der Waals surface area contributed by atoms with Gasteiger partial charge in [-0.2, -0.15) is 0 Å². The fourth-order valence-electron chi connectivity index (χ4n) is 4.23. The molecule has 4 rings (SSSR count). The molecule has 8 nitrogen and oxygen atoms in total. The lowest BCUT2D eigenvalue weighted by Crippen LogP contribution is -2.44. The van der Waals surface area contributed by atoms with E-state index in [2.05, 4.69) is 5.32 Å². The number of urea groups is 1. The largest absolute Gasteiger partial charge is 0.461 e. The zero-order chi connectivity index (χ0) is 21.5. The number of carbonyl (C=O) groups excluding carboxylic acids is 3. The Hall–Kier alpha value is -3.16. The zero-order valence-electron chi connectivity index (χ0n) is 17.1. The SMILES string of the molecule is Cc1cc2oc(=O)cc(COC(=O)CCN3C(=O)NC4(CCCC4)C3=O)c2cc1C. The van der Waals surface area contributed by atoms with Crippen LogP contribution in [0.4, 0.5) is 4.79 Å². The predicted octanol–water partition coefficient (Wildman–Crippen LogP) is 2.71. The van der Waals surface area contributed by atoms with Crippen molar-refractivity contribution in [3.63, 3.8) is 0 Å². The van der Waals surface area contributed by atoms with Crippen LogP contribution in [0.5, 0.6) is 0 Å². The highest BCUT2D eigenvalue weighted by Gasteiger charge is 2.52. The number of benzene rings is 1. The van der Waals surface area contributed by atoms with E-state index < -0.39 is 23.2 Å². The van der Waals surface area contributed by atoms with Crippen LogP contribution in [0.1, 0.15) is 48.8 Å². The van der Waals surface area contributed by atoms with Crippen LogP contribution < -0.4 is 10.9 Å². The Bertz CT molecular complexity index is 1100. The highest BCUT2D eigenvalue weighted by molar-refractivity contribution is 6.07. The summed E-state index contributed by atoms with van der Waals surface area (Å²) in [5.74, 6) is -0.802. The van der Waals surface area contributed by atoms with E-state index in [1.165, 1.54) is 6.07 Å². The lowest BCUT2D eigenvalue weighted by atomic mass is 9.98. The number of rotatable bonds is 5. The summed E-state index contributed by atoms with van der Waals surface area (Å²) in [6, 6.07) is 4.54. The number of nitrogens with one attached hydrogen (secondary N) is 1. The van der Waals surface area contributed by atoms with Crippen molar-refractivity contribution < 1.29 is 23.5 Å². The molecular weight excluding hydrogens is 388 g/mol. The van der Waals surface area contributed by atoms with Gasteiger partial charge in [0.05, 0.1) is 6.42 Å². The molecule has 3 amide bonds. The van der Waals surface area contributed by atoms with Gasteiger partial charge in [0.1, 0.15) is 17.7 Å². The standard InChI is InChI=1S/C22H24N2O6/c1-13-9-16-15(11-19(26)30-17(16)10-14(13)2)12-29-18(25)5-8-24-20(27)22(23-21(24)28)6-3-4-7-22/h9-11H,3-8,12H2,1-2H3,(H,23,28). The van der Waals surface area contributed by atoms with Gasteiger partial charge in [-0.25, -0.2) is 9.59 Å². The second kappa shape index (κ2) is 7.59. The predicted molar refractivity (Wildman–Crippen MR) is 108 cm³/mol. The topological polar surface area (TPSA) is 106 Å². The number of hydrogen-bond donors (Lipinski definition) is 1. The summed E-state index contributed by atoms with van der Waals surface area (Å²) in [4.78, 5) is 50.0. The normalized spacial score (nSPS) is 17.7. The molecule has 158 valence electrons. The highest BCUT2D eigenvalue weighted by atomic mass is 16.5. The fraction of sp³-hybridized carbons (Fsp3) is 0.455. The summed E-state index contributed by atoms with van der Waals surface area (Å²) in [7, 11) is 0. The van der Waals surface area contributed by atoms with Crippen LogP contribution in [0, 0.1) is 13.8 Å². The van der Waals surface area contributed by atoms with Gasteiger partial charge in [0.25, 0.3) is 5.91 Å². The number of ether oxygens (including phenoxy) is 1. The average Bonchev–Trinajstić information content (AvgIpc) is 3.25. The number of nitrogens with zero attached hydrogens (tertiary/aromatic N) is 1. The van der Waals surface area contributed by atoms with Crippen LogP contribution >= 0.6 is 0 Å². The van der Waals surface area contributed by atoms with Crippen LogP contribution in [0.15, 0.2) is 27.4 Å².